The Labute approximate surface area is 344 Å². The lowest BCUT2D eigenvalue weighted by molar-refractivity contribution is -0.0488. The number of rotatable bonds is 11. The topological polar surface area (TPSA) is 231 Å². The Morgan fingerprint density at radius 1 is 0.965 bits per heavy atom. The average molecular weight is 909 g/mol. The molecule has 6 rings (SSSR count). The molecule has 0 unspecified atom stereocenters. The molecule has 2 bridgehead atoms. The van der Waals surface area contributed by atoms with Crippen molar-refractivity contribution in [2.75, 3.05) is 18.9 Å². The van der Waals surface area contributed by atoms with Gasteiger partial charge in [0.05, 0.1) is 24.7 Å². The molecule has 24 heteroatoms. The molecule has 3 aromatic rings. The van der Waals surface area contributed by atoms with Crippen molar-refractivity contribution >= 4 is 72.2 Å². The van der Waals surface area contributed by atoms with Crippen LogP contribution in [-0.4, -0.2) is 90.2 Å². The summed E-state index contributed by atoms with van der Waals surface area (Å²) in [6, 6.07) is 3.15. The zero-order valence-corrected chi connectivity index (χ0v) is 38.7. The van der Waals surface area contributed by atoms with Gasteiger partial charge in [0.1, 0.15) is 30.7 Å². The highest BCUT2D eigenvalue weighted by Crippen LogP contribution is 2.61. The maximum atomic E-state index is 14.5. The van der Waals surface area contributed by atoms with Crippen LogP contribution in [0.1, 0.15) is 74.5 Å². The van der Waals surface area contributed by atoms with Gasteiger partial charge < -0.3 is 37.6 Å². The minimum absolute atomic E-state index is 0.145. The number of H-pyrrole nitrogens is 1. The maximum absolute atomic E-state index is 14.5. The number of thiol groups is 2. The molecule has 3 fully saturated rings. The Morgan fingerprint density at radius 3 is 2.26 bits per heavy atom. The second-order valence-corrected chi connectivity index (χ2v) is 30.4. The number of anilines is 1. The van der Waals surface area contributed by atoms with Gasteiger partial charge in [-0.05, 0) is 34.7 Å². The molecule has 3 aliphatic rings. The number of ether oxygens (including phenoxy) is 2. The number of nitrogens with zero attached hydrogens (tertiary/aromatic N) is 4. The van der Waals surface area contributed by atoms with Gasteiger partial charge in [0.2, 0.25) is 11.8 Å². The van der Waals surface area contributed by atoms with Crippen LogP contribution in [0.25, 0.3) is 11.0 Å². The highest BCUT2D eigenvalue weighted by atomic mass is 32.7. The fourth-order valence-electron chi connectivity index (χ4n) is 7.86. The molecule has 0 spiro atoms. The number of nitrogens with one attached hydrogen (secondary N) is 1. The van der Waals surface area contributed by atoms with E-state index in [1.165, 1.54) is 17.0 Å². The quantitative estimate of drug-likeness (QED) is 0.0769. The van der Waals surface area contributed by atoms with E-state index in [1.807, 2.05) is 55.4 Å². The number of aromatic nitrogens is 5. The van der Waals surface area contributed by atoms with E-state index in [1.54, 1.807) is 18.5 Å². The Balaban J connectivity index is 1.43. The summed E-state index contributed by atoms with van der Waals surface area (Å²) < 4.78 is 81.6. The standard InChI is InChI=1S/C33H54N6O12P2S2Si2/c1-18(2)56(43,19(3)4)51-57(20(5)6,21(7)8)50-28-26-16-45-52(41,54)48-25-14-23(46-27-9-11-35-17-36-27)13-22(25)15-44-53(42,55)49-29(28)32(47-26)39-12-10-24-30(39)37-33(34)38-31(24)40/h9-12,17-23,25-26,28-29,32,43H,13-16H2,1-8H3,(H,41,54)(H,42,55)(H3,34,37,38,40)/t22-,23-,25+,26-,28-,29-,32-,52-,53-/m1/s1. The third-order valence-corrected chi connectivity index (χ3v) is 23.9. The number of fused-ring (bicyclic) bond motifs is 4. The summed E-state index contributed by atoms with van der Waals surface area (Å²) in [5.41, 5.74) is 4.77. The van der Waals surface area contributed by atoms with E-state index in [9.17, 15) is 18.7 Å². The van der Waals surface area contributed by atoms with Crippen LogP contribution >= 0.6 is 38.1 Å². The van der Waals surface area contributed by atoms with Crippen molar-refractivity contribution in [1.29, 1.82) is 0 Å². The number of hydrogen-bond donors (Lipinski definition) is 5. The van der Waals surface area contributed by atoms with E-state index < -0.39 is 85.5 Å². The molecular weight excluding hydrogens is 855 g/mol. The number of hydrogen-bond acceptors (Lipinski definition) is 16. The zero-order valence-electron chi connectivity index (χ0n) is 33.2. The molecule has 0 aromatic carbocycles. The van der Waals surface area contributed by atoms with Gasteiger partial charge >= 0.3 is 30.7 Å². The first kappa shape index (κ1) is 44.9. The molecule has 5 heterocycles. The zero-order chi connectivity index (χ0) is 41.7. The Hall–Kier alpha value is -1.63. The van der Waals surface area contributed by atoms with Gasteiger partial charge in [-0.2, -0.15) is 4.98 Å². The molecule has 1 aliphatic carbocycles. The summed E-state index contributed by atoms with van der Waals surface area (Å²) in [4.78, 5) is 40.1. The average Bonchev–Trinajstić information content (AvgIpc) is 3.80. The van der Waals surface area contributed by atoms with Crippen LogP contribution < -0.4 is 16.0 Å². The Kier molecular flexibility index (Phi) is 13.7. The molecule has 318 valence electrons. The van der Waals surface area contributed by atoms with Crippen LogP contribution in [0, 0.1) is 5.92 Å². The predicted octanol–water partition coefficient (Wildman–Crippen LogP) is 6.66. The first-order valence-electron chi connectivity index (χ1n) is 19.0. The van der Waals surface area contributed by atoms with Crippen molar-refractivity contribution in [3.8, 4) is 5.88 Å². The van der Waals surface area contributed by atoms with Crippen LogP contribution in [0.4, 0.5) is 5.95 Å². The van der Waals surface area contributed by atoms with E-state index in [4.69, 9.17) is 41.8 Å². The maximum Gasteiger partial charge on any atom is 0.386 e. The number of nitrogen functional groups attached to an aromatic ring is 1. The first-order valence-corrected chi connectivity index (χ1v) is 28.4. The molecule has 2 aliphatic heterocycles. The van der Waals surface area contributed by atoms with Gasteiger partial charge in [0.25, 0.3) is 5.56 Å². The van der Waals surface area contributed by atoms with E-state index in [0.29, 0.717) is 12.3 Å². The SMILES string of the molecule is CC(C)[Si](O)(O[Si](O[C@H]1[C@H]2O[P@](=O)(S)OC[C@H]3C[C@@H](Oc4ccncn4)C[C@@H]3O[P@](=O)(S)OC[C@H]1O[C@H]2n1ccc2c(=O)[nH]c(N)nc21)(C(C)C)C(C)C)C(C)C. The van der Waals surface area contributed by atoms with Gasteiger partial charge in [-0.3, -0.25) is 23.3 Å². The molecule has 3 aromatic heterocycles. The third kappa shape index (κ3) is 9.64. The lowest BCUT2D eigenvalue weighted by Gasteiger charge is -2.47. The summed E-state index contributed by atoms with van der Waals surface area (Å²) in [5.74, 6) is -0.304. The van der Waals surface area contributed by atoms with E-state index in [-0.39, 0.29) is 52.2 Å². The lowest BCUT2D eigenvalue weighted by atomic mass is 10.1. The van der Waals surface area contributed by atoms with Crippen molar-refractivity contribution in [3.63, 3.8) is 0 Å². The fourth-order valence-corrected chi connectivity index (χ4v) is 20.8. The van der Waals surface area contributed by atoms with Crippen molar-refractivity contribution in [3.05, 3.63) is 41.2 Å². The second kappa shape index (κ2) is 17.4. The normalized spacial score (nSPS) is 31.8. The van der Waals surface area contributed by atoms with Crippen molar-refractivity contribution in [1.82, 2.24) is 24.5 Å². The number of nitrogens with two attached hydrogens (primary N) is 1. The number of aromatic amines is 1. The summed E-state index contributed by atoms with van der Waals surface area (Å²) in [6.07, 6.45) is -0.872. The second-order valence-electron chi connectivity index (χ2n) is 16.0. The van der Waals surface area contributed by atoms with Crippen molar-refractivity contribution in [2.24, 2.45) is 5.92 Å². The largest absolute Gasteiger partial charge is 0.474 e. The van der Waals surface area contributed by atoms with Crippen LogP contribution in [-0.2, 0) is 40.5 Å². The van der Waals surface area contributed by atoms with Crippen molar-refractivity contribution in [2.45, 2.75) is 127 Å². The Bertz CT molecular complexity index is 2020. The molecule has 57 heavy (non-hydrogen) atoms. The summed E-state index contributed by atoms with van der Waals surface area (Å²) >= 11 is 8.84. The van der Waals surface area contributed by atoms with E-state index >= 15 is 0 Å². The van der Waals surface area contributed by atoms with Crippen molar-refractivity contribution < 1.29 is 50.0 Å². The van der Waals surface area contributed by atoms with Gasteiger partial charge in [-0.25, -0.2) is 19.1 Å². The smallest absolute Gasteiger partial charge is 0.386 e. The first-order chi connectivity index (χ1) is 26.6. The van der Waals surface area contributed by atoms with Gasteiger partial charge in [0, 0.05) is 30.8 Å². The molecule has 4 N–H and O–H groups in total. The summed E-state index contributed by atoms with van der Waals surface area (Å²) in [6.45, 7) is 6.56. The lowest BCUT2D eigenvalue weighted by Crippen LogP contribution is -2.62. The molecule has 1 saturated carbocycles. The fraction of sp³-hybridized carbons (Fsp3) is 0.697. The third-order valence-electron chi connectivity index (χ3n) is 10.9. The van der Waals surface area contributed by atoms with Crippen LogP contribution in [0.5, 0.6) is 5.88 Å². The van der Waals surface area contributed by atoms with Gasteiger partial charge in [0.15, 0.2) is 11.9 Å². The molecular formula is C33H54N6O12P2S2Si2. The summed E-state index contributed by atoms with van der Waals surface area (Å²) in [7, 11) is -7.05. The minimum atomic E-state index is -4.31. The molecule has 2 saturated heterocycles. The summed E-state index contributed by atoms with van der Waals surface area (Å²) in [5, 5.41) is 0.198. The highest BCUT2D eigenvalue weighted by molar-refractivity contribution is 8.44. The molecule has 0 radical (unpaired) electrons. The van der Waals surface area contributed by atoms with E-state index in [2.05, 4.69) is 44.4 Å². The monoisotopic (exact) mass is 908 g/mol. The van der Waals surface area contributed by atoms with Crippen LogP contribution in [0.3, 0.4) is 0 Å². The van der Waals surface area contributed by atoms with E-state index in [0.717, 1.165) is 0 Å². The van der Waals surface area contributed by atoms with Gasteiger partial charge in [-0.15, -0.1) is 0 Å². The van der Waals surface area contributed by atoms with Crippen LogP contribution in [0.2, 0.25) is 22.2 Å². The van der Waals surface area contributed by atoms with Crippen LogP contribution in [0.15, 0.2) is 35.6 Å². The molecule has 0 amide bonds. The molecule has 18 nitrogen and oxygen atoms in total. The minimum Gasteiger partial charge on any atom is -0.474 e. The predicted molar refractivity (Wildman–Crippen MR) is 223 cm³/mol. The molecule has 9 atom stereocenters. The van der Waals surface area contributed by atoms with Gasteiger partial charge in [-0.1, -0.05) is 79.9 Å². The Morgan fingerprint density at radius 2 is 1.63 bits per heavy atom. The highest BCUT2D eigenvalue weighted by Gasteiger charge is 2.60.